The van der Waals surface area contributed by atoms with E-state index in [9.17, 15) is 0 Å². The van der Waals surface area contributed by atoms with Crippen molar-refractivity contribution in [3.8, 4) is 23.0 Å². The molecule has 1 aliphatic rings. The van der Waals surface area contributed by atoms with Crippen LogP contribution in [0.1, 0.15) is 71.3 Å². The van der Waals surface area contributed by atoms with Crippen LogP contribution in [0.5, 0.6) is 11.6 Å². The molecule has 0 spiro atoms. The highest BCUT2D eigenvalue weighted by Crippen LogP contribution is 2.41. The molecule has 0 amide bonds. The lowest BCUT2D eigenvalue weighted by molar-refractivity contribution is 0.0803. The van der Waals surface area contributed by atoms with Gasteiger partial charge in [0.05, 0.1) is 6.61 Å². The normalized spacial score (nSPS) is 19.6. The van der Waals surface area contributed by atoms with Crippen molar-refractivity contribution in [2.45, 2.75) is 103 Å². The Morgan fingerprint density at radius 3 is 2.48 bits per heavy atom. The molecule has 2 aromatic rings. The van der Waals surface area contributed by atoms with E-state index in [0.717, 1.165) is 67.9 Å². The Balaban J connectivity index is 1.63. The van der Waals surface area contributed by atoms with Crippen molar-refractivity contribution in [2.24, 2.45) is 0 Å². The molecule has 2 heterocycles. The van der Waals surface area contributed by atoms with Crippen molar-refractivity contribution in [3.05, 3.63) is 36.0 Å². The molecular formula is C27H41N2O3Si. The molecular weight excluding hydrogens is 428 g/mol. The molecule has 2 atom stereocenters. The number of aromatic nitrogens is 2. The number of hydrogen-bond donors (Lipinski definition) is 0. The second-order valence-corrected chi connectivity index (χ2v) is 12.4. The van der Waals surface area contributed by atoms with Crippen molar-refractivity contribution in [3.63, 3.8) is 0 Å². The number of aryl methyl sites for hydroxylation is 1. The third kappa shape index (κ3) is 7.82. The number of unbranched alkanes of at least 4 members (excludes halogenated alkanes) is 3. The summed E-state index contributed by atoms with van der Waals surface area (Å²) in [7, 11) is -0.159. The van der Waals surface area contributed by atoms with Crippen LogP contribution < -0.4 is 9.47 Å². The van der Waals surface area contributed by atoms with Gasteiger partial charge in [-0.15, -0.1) is 0 Å². The van der Waals surface area contributed by atoms with Crippen molar-refractivity contribution < 1.29 is 14.2 Å². The van der Waals surface area contributed by atoms with Gasteiger partial charge in [0.2, 0.25) is 11.7 Å². The van der Waals surface area contributed by atoms with Crippen molar-refractivity contribution in [1.82, 2.24) is 9.97 Å². The van der Waals surface area contributed by atoms with Crippen molar-refractivity contribution in [2.75, 3.05) is 6.61 Å². The predicted molar refractivity (Wildman–Crippen MR) is 137 cm³/mol. The summed E-state index contributed by atoms with van der Waals surface area (Å²) in [5, 5.41) is 0. The monoisotopic (exact) mass is 469 g/mol. The largest absolute Gasteiger partial charge is 0.477 e. The third-order valence-corrected chi connectivity index (χ3v) is 7.44. The van der Waals surface area contributed by atoms with E-state index in [-0.39, 0.29) is 14.9 Å². The van der Waals surface area contributed by atoms with Gasteiger partial charge in [0.25, 0.3) is 0 Å². The minimum Gasteiger partial charge on any atom is -0.477 e. The Kier molecular flexibility index (Phi) is 9.74. The quantitative estimate of drug-likeness (QED) is 0.158. The number of nitrogens with zero attached hydrogens (tertiary/aromatic N) is 2. The molecule has 0 N–H and O–H groups in total. The first-order chi connectivity index (χ1) is 15.9. The zero-order valence-electron chi connectivity index (χ0n) is 21.2. The summed E-state index contributed by atoms with van der Waals surface area (Å²) in [5.41, 5.74) is 2.07. The molecule has 1 aromatic heterocycles. The fourth-order valence-electron chi connectivity index (χ4n) is 3.90. The summed E-state index contributed by atoms with van der Waals surface area (Å²) in [6.45, 7) is 11.9. The van der Waals surface area contributed by atoms with E-state index in [0.29, 0.717) is 5.82 Å². The van der Waals surface area contributed by atoms with Crippen LogP contribution in [0.3, 0.4) is 0 Å². The van der Waals surface area contributed by atoms with Crippen molar-refractivity contribution >= 4 is 8.80 Å². The Hall–Kier alpha value is -1.92. The van der Waals surface area contributed by atoms with Gasteiger partial charge in [-0.3, -0.25) is 0 Å². The summed E-state index contributed by atoms with van der Waals surface area (Å²) in [6.07, 6.45) is 11.0. The molecule has 5 nitrogen and oxygen atoms in total. The second kappa shape index (κ2) is 12.5. The molecule has 0 aliphatic carbocycles. The molecule has 1 aliphatic heterocycles. The molecule has 0 unspecified atom stereocenters. The Morgan fingerprint density at radius 2 is 1.79 bits per heavy atom. The molecule has 181 valence electrons. The van der Waals surface area contributed by atoms with Crippen LogP contribution in [0.15, 0.2) is 30.5 Å². The molecule has 1 saturated heterocycles. The van der Waals surface area contributed by atoms with Gasteiger partial charge in [0.1, 0.15) is 11.9 Å². The van der Waals surface area contributed by atoms with Crippen LogP contribution in [0.4, 0.5) is 0 Å². The fourth-order valence-corrected chi connectivity index (χ4v) is 4.86. The van der Waals surface area contributed by atoms with E-state index in [4.69, 9.17) is 19.2 Å². The van der Waals surface area contributed by atoms with Gasteiger partial charge in [-0.1, -0.05) is 58.7 Å². The number of epoxide rings is 1. The van der Waals surface area contributed by atoms with Crippen LogP contribution in [-0.4, -0.2) is 37.3 Å². The lowest BCUT2D eigenvalue weighted by atomic mass is 10.1. The van der Waals surface area contributed by atoms with Crippen LogP contribution in [-0.2, 0) is 11.2 Å². The highest BCUT2D eigenvalue weighted by molar-refractivity contribution is 6.55. The molecule has 0 bridgehead atoms. The summed E-state index contributed by atoms with van der Waals surface area (Å²) in [5.74, 6) is 1.75. The highest BCUT2D eigenvalue weighted by Gasteiger charge is 2.54. The number of rotatable bonds is 15. The van der Waals surface area contributed by atoms with E-state index in [2.05, 4.69) is 31.9 Å². The van der Waals surface area contributed by atoms with Gasteiger partial charge in [-0.05, 0) is 49.9 Å². The first-order valence-corrected chi connectivity index (χ1v) is 15.4. The zero-order valence-corrected chi connectivity index (χ0v) is 22.2. The number of benzene rings is 1. The maximum atomic E-state index is 6.14. The summed E-state index contributed by atoms with van der Waals surface area (Å²) < 4.78 is 18.0. The molecule has 1 aromatic carbocycles. The maximum absolute atomic E-state index is 6.14. The van der Waals surface area contributed by atoms with Gasteiger partial charge < -0.3 is 14.2 Å². The summed E-state index contributed by atoms with van der Waals surface area (Å²) in [6, 6.07) is 9.31. The number of hydrogen-bond acceptors (Lipinski definition) is 5. The van der Waals surface area contributed by atoms with E-state index in [1.807, 2.05) is 37.4 Å². The van der Waals surface area contributed by atoms with E-state index in [1.54, 1.807) is 0 Å². The molecule has 0 saturated carbocycles. The molecule has 6 heteroatoms. The van der Waals surface area contributed by atoms with Gasteiger partial charge in [0, 0.05) is 33.0 Å². The predicted octanol–water partition coefficient (Wildman–Crippen LogP) is 7.08. The first-order valence-electron chi connectivity index (χ1n) is 12.7. The molecule has 1 fully saturated rings. The van der Waals surface area contributed by atoms with Crippen LogP contribution in [0.25, 0.3) is 11.4 Å². The van der Waals surface area contributed by atoms with Crippen molar-refractivity contribution in [1.29, 1.82) is 0 Å². The standard InChI is InChI=1S/C27H41N2O3Si/c1-6-8-12-22-20-28-25(29-26(22)30-18-10-11-19-33(4)5)21-14-16-23(17-15-21)31-27(3)24(32-27)13-9-7-2/h14-17,20,24H,6-13,18-19H2,1-5H3/t24-,27+/m0/s1. The Bertz CT molecular complexity index is 859. The van der Waals surface area contributed by atoms with Gasteiger partial charge in [0.15, 0.2) is 5.82 Å². The smallest absolute Gasteiger partial charge is 0.234 e. The molecule has 33 heavy (non-hydrogen) atoms. The third-order valence-electron chi connectivity index (χ3n) is 6.09. The number of ether oxygens (including phenoxy) is 3. The van der Waals surface area contributed by atoms with Crippen LogP contribution >= 0.6 is 0 Å². The SMILES string of the molecule is CCCCc1cnc(-c2ccc(O[C@]3(C)O[C@H]3CCCC)cc2)nc1OCCCC[Si](C)C. The van der Waals surface area contributed by atoms with E-state index in [1.165, 1.54) is 18.9 Å². The highest BCUT2D eigenvalue weighted by atomic mass is 28.3. The zero-order chi connectivity index (χ0) is 23.7. The van der Waals surface area contributed by atoms with Crippen LogP contribution in [0.2, 0.25) is 19.1 Å². The lowest BCUT2D eigenvalue weighted by Gasteiger charge is -2.13. The van der Waals surface area contributed by atoms with Crippen LogP contribution in [0, 0.1) is 0 Å². The maximum Gasteiger partial charge on any atom is 0.234 e. The summed E-state index contributed by atoms with van der Waals surface area (Å²) in [4.78, 5) is 9.44. The van der Waals surface area contributed by atoms with Gasteiger partial charge in [-0.25, -0.2) is 4.98 Å². The van der Waals surface area contributed by atoms with Gasteiger partial charge in [-0.2, -0.15) is 4.98 Å². The topological polar surface area (TPSA) is 56.8 Å². The lowest BCUT2D eigenvalue weighted by Crippen LogP contribution is -2.18. The van der Waals surface area contributed by atoms with E-state index >= 15 is 0 Å². The Labute approximate surface area is 201 Å². The fraction of sp³-hybridized carbons (Fsp3) is 0.630. The Morgan fingerprint density at radius 1 is 1.03 bits per heavy atom. The minimum absolute atomic E-state index is 0.159. The second-order valence-electron chi connectivity index (χ2n) is 9.53. The first kappa shape index (κ1) is 25.7. The summed E-state index contributed by atoms with van der Waals surface area (Å²) >= 11 is 0. The molecule has 3 rings (SSSR count). The van der Waals surface area contributed by atoms with Gasteiger partial charge >= 0.3 is 0 Å². The average molecular weight is 470 g/mol. The minimum atomic E-state index is -0.494. The molecule has 1 radical (unpaired) electrons. The van der Waals surface area contributed by atoms with E-state index < -0.39 is 5.79 Å². The average Bonchev–Trinajstić information content (AvgIpc) is 3.45.